The number of fused-ring (bicyclic) bond motifs is 2. The number of amides is 1. The van der Waals surface area contributed by atoms with Gasteiger partial charge in [0, 0.05) is 54.9 Å². The number of nitrogens with zero attached hydrogens (tertiary/aromatic N) is 7. The maximum absolute atomic E-state index is 12.6. The first-order valence-corrected chi connectivity index (χ1v) is 16.8. The van der Waals surface area contributed by atoms with Crippen LogP contribution in [0.1, 0.15) is 49.9 Å². The summed E-state index contributed by atoms with van der Waals surface area (Å²) >= 11 is 0. The number of aryl methyl sites for hydroxylation is 1. The molecule has 1 saturated heterocycles. The smallest absolute Gasteiger partial charge is 0.318 e. The molecule has 0 N–H and O–H groups in total. The van der Waals surface area contributed by atoms with Gasteiger partial charge in [0.15, 0.2) is 0 Å². The molecule has 6 rings (SSSR count). The van der Waals surface area contributed by atoms with Crippen LogP contribution in [0, 0.1) is 19.4 Å². The van der Waals surface area contributed by atoms with E-state index in [1.807, 2.05) is 0 Å². The number of likely N-dealkylation sites (N-methyl/N-ethyl adjacent to an activating group) is 1. The Morgan fingerprint density at radius 3 is 2.65 bits per heavy atom. The molecule has 2 aliphatic heterocycles. The normalized spacial score (nSPS) is 19.7. The third kappa shape index (κ3) is 6.28. The quantitative estimate of drug-likeness (QED) is 0.218. The molecule has 3 atom stereocenters. The summed E-state index contributed by atoms with van der Waals surface area (Å²) in [4.78, 5) is 35.3. The molecule has 0 radical (unpaired) electrons. The minimum absolute atomic E-state index is 0.128. The summed E-state index contributed by atoms with van der Waals surface area (Å²) in [6.45, 7) is 21.9. The molecule has 3 heterocycles. The van der Waals surface area contributed by atoms with Crippen molar-refractivity contribution in [2.24, 2.45) is 5.92 Å². The van der Waals surface area contributed by atoms with Crippen LogP contribution in [0.15, 0.2) is 49.1 Å². The maximum atomic E-state index is 12.6. The van der Waals surface area contributed by atoms with Gasteiger partial charge in [-0.05, 0) is 76.1 Å². The summed E-state index contributed by atoms with van der Waals surface area (Å²) in [6.07, 6.45) is 6.09. The second-order valence-corrected chi connectivity index (χ2v) is 13.3. The molecule has 1 aliphatic carbocycles. The van der Waals surface area contributed by atoms with E-state index in [1.165, 1.54) is 47.4 Å². The zero-order valence-electron chi connectivity index (χ0n) is 27.8. The van der Waals surface area contributed by atoms with Crippen molar-refractivity contribution < 1.29 is 9.53 Å². The first-order valence-electron chi connectivity index (χ1n) is 16.8. The lowest BCUT2D eigenvalue weighted by atomic mass is 9.79. The molecule has 2 fully saturated rings. The lowest BCUT2D eigenvalue weighted by Crippen LogP contribution is -2.56. The van der Waals surface area contributed by atoms with E-state index in [1.54, 1.807) is 4.90 Å². The van der Waals surface area contributed by atoms with Gasteiger partial charge < -0.3 is 24.3 Å². The highest BCUT2D eigenvalue weighted by molar-refractivity contribution is 5.97. The molecule has 1 saturated carbocycles. The molecule has 2 aromatic carbocycles. The van der Waals surface area contributed by atoms with Gasteiger partial charge in [0.25, 0.3) is 0 Å². The van der Waals surface area contributed by atoms with Crippen LogP contribution in [-0.2, 0) is 17.8 Å². The molecular weight excluding hydrogens is 574 g/mol. The number of carbonyl (C=O) groups is 1. The van der Waals surface area contributed by atoms with Crippen molar-refractivity contribution in [3.05, 3.63) is 77.3 Å². The van der Waals surface area contributed by atoms with Crippen molar-refractivity contribution in [2.45, 2.75) is 71.1 Å². The number of ether oxygens (including phenoxy) is 1. The van der Waals surface area contributed by atoms with E-state index < -0.39 is 0 Å². The fourth-order valence-electron chi connectivity index (χ4n) is 7.37. The minimum atomic E-state index is -0.229. The van der Waals surface area contributed by atoms with E-state index in [9.17, 15) is 4.79 Å². The second-order valence-electron chi connectivity index (χ2n) is 13.3. The summed E-state index contributed by atoms with van der Waals surface area (Å²) in [5.74, 6) is 1.51. The summed E-state index contributed by atoms with van der Waals surface area (Å²) in [6, 6.07) is 13.9. The largest absolute Gasteiger partial charge is 0.462 e. The van der Waals surface area contributed by atoms with Crippen molar-refractivity contribution in [1.29, 1.82) is 0 Å². The number of aromatic nitrogens is 2. The van der Waals surface area contributed by atoms with Crippen molar-refractivity contribution >= 4 is 28.2 Å². The summed E-state index contributed by atoms with van der Waals surface area (Å²) in [5, 5.41) is 2.52. The fourth-order valence-corrected chi connectivity index (χ4v) is 7.37. The van der Waals surface area contributed by atoms with Gasteiger partial charge in [0.2, 0.25) is 12.5 Å². The Hall–Kier alpha value is -4.16. The van der Waals surface area contributed by atoms with E-state index >= 15 is 0 Å². The molecule has 9 heteroatoms. The van der Waals surface area contributed by atoms with E-state index in [4.69, 9.17) is 21.3 Å². The fraction of sp³-hybridized carbons (Fsp3) is 0.514. The summed E-state index contributed by atoms with van der Waals surface area (Å²) < 4.78 is 6.41. The average Bonchev–Trinajstić information content (AvgIpc) is 3.05. The lowest BCUT2D eigenvalue weighted by Gasteiger charge is -2.41. The predicted molar refractivity (Wildman–Crippen MR) is 184 cm³/mol. The highest BCUT2D eigenvalue weighted by atomic mass is 16.5. The monoisotopic (exact) mass is 621 g/mol. The average molecular weight is 622 g/mol. The molecule has 9 nitrogen and oxygen atoms in total. The van der Waals surface area contributed by atoms with E-state index in [-0.39, 0.29) is 24.5 Å². The van der Waals surface area contributed by atoms with Crippen LogP contribution in [0.3, 0.4) is 0 Å². The van der Waals surface area contributed by atoms with Crippen LogP contribution in [0.4, 0.5) is 11.5 Å². The van der Waals surface area contributed by atoms with Gasteiger partial charge in [-0.3, -0.25) is 9.69 Å². The van der Waals surface area contributed by atoms with Crippen molar-refractivity contribution in [3.63, 3.8) is 0 Å². The van der Waals surface area contributed by atoms with Crippen molar-refractivity contribution in [2.75, 3.05) is 56.2 Å². The van der Waals surface area contributed by atoms with Gasteiger partial charge in [-0.15, -0.1) is 0 Å². The molecule has 1 amide bonds. The topological polar surface area (TPSA) is 69.4 Å². The molecule has 0 bridgehead atoms. The molecule has 1 aromatic heterocycles. The number of hydrogen-bond donors (Lipinski definition) is 0. The van der Waals surface area contributed by atoms with Crippen molar-refractivity contribution in [3.8, 4) is 6.01 Å². The molecule has 242 valence electrons. The number of anilines is 2. The van der Waals surface area contributed by atoms with Crippen LogP contribution < -0.4 is 14.5 Å². The Kier molecular flexibility index (Phi) is 9.46. The van der Waals surface area contributed by atoms with E-state index in [0.29, 0.717) is 44.8 Å². The number of hydrogen-bond acceptors (Lipinski definition) is 7. The molecule has 3 aromatic rings. The van der Waals surface area contributed by atoms with Crippen LogP contribution in [0.2, 0.25) is 0 Å². The number of carbonyl (C=O) groups excluding carboxylic acids is 1. The Balaban J connectivity index is 1.30. The Labute approximate surface area is 273 Å². The zero-order valence-corrected chi connectivity index (χ0v) is 27.8. The lowest BCUT2D eigenvalue weighted by molar-refractivity contribution is -0.128. The Bertz CT molecular complexity index is 1620. The first-order chi connectivity index (χ1) is 22.3. The van der Waals surface area contributed by atoms with E-state index in [0.717, 1.165) is 36.0 Å². The number of rotatable bonds is 10. The highest BCUT2D eigenvalue weighted by Crippen LogP contribution is 2.36. The number of piperazine rings is 1. The maximum Gasteiger partial charge on any atom is 0.318 e. The zero-order chi connectivity index (χ0) is 32.4. The first kappa shape index (κ1) is 31.8. The van der Waals surface area contributed by atoms with Gasteiger partial charge in [0.1, 0.15) is 18.5 Å². The van der Waals surface area contributed by atoms with E-state index in [2.05, 4.69) is 90.3 Å². The third-order valence-corrected chi connectivity index (χ3v) is 10.6. The van der Waals surface area contributed by atoms with Gasteiger partial charge in [-0.2, -0.15) is 9.97 Å². The minimum Gasteiger partial charge on any atom is -0.462 e. The van der Waals surface area contributed by atoms with Gasteiger partial charge >= 0.3 is 6.01 Å². The summed E-state index contributed by atoms with van der Waals surface area (Å²) in [5.41, 5.74) is 4.59. The van der Waals surface area contributed by atoms with Crippen LogP contribution in [-0.4, -0.2) is 90.2 Å². The molecular formula is C37H47N7O2. The SMILES string of the molecule is [C-]#[N+]C[C@H]1CN(c2nc(OC[C@H](C)N(C)[C@H](C)C3CCC3)nc3c2CCN(c2cccc4cccc(C)c24)C3)CCN1C(=O)C=C. The summed E-state index contributed by atoms with van der Waals surface area (Å²) in [7, 11) is 2.20. The Morgan fingerprint density at radius 1 is 1.15 bits per heavy atom. The predicted octanol–water partition coefficient (Wildman–Crippen LogP) is 5.51. The highest BCUT2D eigenvalue weighted by Gasteiger charge is 2.35. The standard InChI is InChI=1S/C37H47N7O2/c1-7-34(45)44-20-19-43(22-30(44)21-38-5)36-31-17-18-42(33-16-10-15-29-14-8-11-25(2)35(29)33)23-32(31)39-37(40-36)46-24-26(3)41(6)27(4)28-12-9-13-28/h7-8,10-11,14-16,26-28,30H,1,9,12-13,17-24H2,2-4,6H3/t26-,27+,30-/m0/s1. The number of benzene rings is 2. The van der Waals surface area contributed by atoms with Gasteiger partial charge in [0.05, 0.1) is 12.2 Å². The van der Waals surface area contributed by atoms with Gasteiger partial charge in [-0.25, -0.2) is 6.57 Å². The van der Waals surface area contributed by atoms with Crippen LogP contribution in [0.5, 0.6) is 6.01 Å². The molecule has 0 spiro atoms. The molecule has 0 unspecified atom stereocenters. The van der Waals surface area contributed by atoms with Crippen LogP contribution >= 0.6 is 0 Å². The molecule has 46 heavy (non-hydrogen) atoms. The molecule has 3 aliphatic rings. The Morgan fingerprint density at radius 2 is 1.93 bits per heavy atom. The third-order valence-electron chi connectivity index (χ3n) is 10.6. The second kappa shape index (κ2) is 13.7. The van der Waals surface area contributed by atoms with Crippen LogP contribution in [0.25, 0.3) is 15.6 Å². The van der Waals surface area contributed by atoms with Crippen molar-refractivity contribution in [1.82, 2.24) is 19.8 Å². The van der Waals surface area contributed by atoms with Gasteiger partial charge in [-0.1, -0.05) is 43.3 Å².